The van der Waals surface area contributed by atoms with E-state index < -0.39 is 5.60 Å². The average molecular weight is 372 g/mol. The molecule has 0 unspecified atom stereocenters. The van der Waals surface area contributed by atoms with Crippen LogP contribution >= 0.6 is 0 Å². The number of piperidine rings is 1. The normalized spacial score (nSPS) is 26.3. The number of hydrogen-bond acceptors (Lipinski definition) is 4. The predicted octanol–water partition coefficient (Wildman–Crippen LogP) is 2.44. The molecule has 2 fully saturated rings. The Morgan fingerprint density at radius 3 is 2.81 bits per heavy atom. The summed E-state index contributed by atoms with van der Waals surface area (Å²) in [7, 11) is 0. The molecule has 6 nitrogen and oxygen atoms in total. The van der Waals surface area contributed by atoms with Crippen LogP contribution in [0.5, 0.6) is 0 Å². The van der Waals surface area contributed by atoms with E-state index >= 15 is 0 Å². The van der Waals surface area contributed by atoms with Crippen LogP contribution in [0.15, 0.2) is 36.7 Å². The highest BCUT2D eigenvalue weighted by atomic mass is 19.1. The van der Waals surface area contributed by atoms with Gasteiger partial charge in [0.05, 0.1) is 17.8 Å². The lowest BCUT2D eigenvalue weighted by atomic mass is 9.85. The van der Waals surface area contributed by atoms with E-state index in [9.17, 15) is 9.18 Å². The van der Waals surface area contributed by atoms with Crippen LogP contribution in [0.3, 0.4) is 0 Å². The fourth-order valence-corrected chi connectivity index (χ4v) is 4.23. The molecule has 0 N–H and O–H groups in total. The van der Waals surface area contributed by atoms with E-state index in [1.54, 1.807) is 17.0 Å². The van der Waals surface area contributed by atoms with Crippen molar-refractivity contribution in [2.24, 2.45) is 0 Å². The van der Waals surface area contributed by atoms with Crippen LogP contribution < -0.4 is 4.90 Å². The van der Waals surface area contributed by atoms with Gasteiger partial charge in [0.2, 0.25) is 0 Å². The van der Waals surface area contributed by atoms with Crippen LogP contribution in [-0.2, 0) is 22.6 Å². The number of carbonyl (C=O) groups is 1. The van der Waals surface area contributed by atoms with Crippen molar-refractivity contribution >= 4 is 11.6 Å². The van der Waals surface area contributed by atoms with Gasteiger partial charge < -0.3 is 9.64 Å². The van der Waals surface area contributed by atoms with Gasteiger partial charge in [0.1, 0.15) is 12.4 Å². The maximum absolute atomic E-state index is 13.3. The largest absolute Gasteiger partial charge is 0.362 e. The van der Waals surface area contributed by atoms with Gasteiger partial charge in [-0.2, -0.15) is 5.10 Å². The first-order valence-corrected chi connectivity index (χ1v) is 9.44. The molecule has 2 atom stereocenters. The fraction of sp³-hybridized carbons (Fsp3) is 0.500. The minimum atomic E-state index is -0.457. The monoisotopic (exact) mass is 372 g/mol. The molecule has 2 aliphatic heterocycles. The summed E-state index contributed by atoms with van der Waals surface area (Å²) in [5.74, 6) is -0.369. The van der Waals surface area contributed by atoms with Crippen LogP contribution in [0, 0.1) is 5.82 Å². The lowest BCUT2D eigenvalue weighted by Crippen LogP contribution is -2.67. The van der Waals surface area contributed by atoms with E-state index in [0.29, 0.717) is 0 Å². The third-order valence-corrected chi connectivity index (χ3v) is 5.59. The summed E-state index contributed by atoms with van der Waals surface area (Å²) in [5, 5.41) is 4.34. The van der Waals surface area contributed by atoms with Crippen molar-refractivity contribution in [3.63, 3.8) is 0 Å². The summed E-state index contributed by atoms with van der Waals surface area (Å²) in [6.07, 6.45) is 4.79. The average Bonchev–Trinajstić information content (AvgIpc) is 3.11. The number of ether oxygens (including phenoxy) is 1. The standard InChI is InChI=1S/C20H25FN4O2/c1-3-24-12-15(10-22-24)11-23-9-8-18-20(2,14-23)27-13-19(26)25(18)17-6-4-16(21)5-7-17/h4-7,10,12,18H,3,8-9,11,13-14H2,1-2H3/t18-,20-/m1/s1. The zero-order chi connectivity index (χ0) is 19.0. The Kier molecular flexibility index (Phi) is 4.74. The summed E-state index contributed by atoms with van der Waals surface area (Å²) >= 11 is 0. The number of likely N-dealkylation sites (tertiary alicyclic amines) is 1. The van der Waals surface area contributed by atoms with Gasteiger partial charge in [-0.1, -0.05) is 0 Å². The molecule has 27 heavy (non-hydrogen) atoms. The molecule has 0 aliphatic carbocycles. The molecule has 1 amide bonds. The first-order chi connectivity index (χ1) is 13.0. The molecule has 4 rings (SSSR count). The van der Waals surface area contributed by atoms with Crippen molar-refractivity contribution in [3.8, 4) is 0 Å². The van der Waals surface area contributed by atoms with Gasteiger partial charge in [-0.3, -0.25) is 14.4 Å². The minimum absolute atomic E-state index is 0.0476. The Balaban J connectivity index is 1.52. The van der Waals surface area contributed by atoms with E-state index in [1.165, 1.54) is 17.7 Å². The van der Waals surface area contributed by atoms with Crippen molar-refractivity contribution < 1.29 is 13.9 Å². The van der Waals surface area contributed by atoms with Gasteiger partial charge in [-0.25, -0.2) is 4.39 Å². The lowest BCUT2D eigenvalue weighted by molar-refractivity contribution is -0.152. The van der Waals surface area contributed by atoms with Crippen molar-refractivity contribution in [1.82, 2.24) is 14.7 Å². The first-order valence-electron chi connectivity index (χ1n) is 9.44. The summed E-state index contributed by atoms with van der Waals surface area (Å²) in [6.45, 7) is 7.47. The highest BCUT2D eigenvalue weighted by Crippen LogP contribution is 2.36. The third kappa shape index (κ3) is 3.49. The number of halogens is 1. The van der Waals surface area contributed by atoms with E-state index in [1.807, 2.05) is 10.9 Å². The van der Waals surface area contributed by atoms with Gasteiger partial charge in [0, 0.05) is 43.6 Å². The van der Waals surface area contributed by atoms with Gasteiger partial charge in [0.15, 0.2) is 0 Å². The topological polar surface area (TPSA) is 50.6 Å². The number of aryl methyl sites for hydroxylation is 1. The van der Waals surface area contributed by atoms with Crippen molar-refractivity contribution in [2.45, 2.75) is 45.0 Å². The van der Waals surface area contributed by atoms with Gasteiger partial charge in [-0.05, 0) is 44.5 Å². The molecule has 0 radical (unpaired) electrons. The van der Waals surface area contributed by atoms with Crippen molar-refractivity contribution in [1.29, 1.82) is 0 Å². The number of benzene rings is 1. The molecule has 144 valence electrons. The first kappa shape index (κ1) is 18.1. The van der Waals surface area contributed by atoms with Crippen LogP contribution in [0.25, 0.3) is 0 Å². The Morgan fingerprint density at radius 2 is 2.11 bits per heavy atom. The number of rotatable bonds is 4. The quantitative estimate of drug-likeness (QED) is 0.827. The van der Waals surface area contributed by atoms with E-state index in [-0.39, 0.29) is 24.4 Å². The molecule has 1 aromatic carbocycles. The molecule has 0 bridgehead atoms. The second-order valence-corrected chi connectivity index (χ2v) is 7.56. The second-order valence-electron chi connectivity index (χ2n) is 7.56. The Bertz CT molecular complexity index is 822. The molecular weight excluding hydrogens is 347 g/mol. The van der Waals surface area contributed by atoms with Crippen LogP contribution in [0.4, 0.5) is 10.1 Å². The molecule has 1 aromatic heterocycles. The van der Waals surface area contributed by atoms with Crippen LogP contribution in [0.1, 0.15) is 25.8 Å². The minimum Gasteiger partial charge on any atom is -0.362 e. The molecule has 2 aliphatic rings. The summed E-state index contributed by atoms with van der Waals surface area (Å²) in [5.41, 5.74) is 1.46. The maximum atomic E-state index is 13.3. The third-order valence-electron chi connectivity index (χ3n) is 5.59. The number of morpholine rings is 1. The summed E-state index contributed by atoms with van der Waals surface area (Å²) in [4.78, 5) is 16.7. The Hall–Kier alpha value is -2.25. The van der Waals surface area contributed by atoms with Gasteiger partial charge in [-0.15, -0.1) is 0 Å². The smallest absolute Gasteiger partial charge is 0.253 e. The van der Waals surface area contributed by atoms with Gasteiger partial charge in [0.25, 0.3) is 5.91 Å². The second kappa shape index (κ2) is 7.05. The molecule has 2 aromatic rings. The zero-order valence-corrected chi connectivity index (χ0v) is 15.8. The number of anilines is 1. The molecule has 2 saturated heterocycles. The molecule has 7 heteroatoms. The molecule has 0 spiro atoms. The maximum Gasteiger partial charge on any atom is 0.253 e. The number of fused-ring (bicyclic) bond motifs is 1. The Morgan fingerprint density at radius 1 is 1.33 bits per heavy atom. The molecule has 3 heterocycles. The van der Waals surface area contributed by atoms with Crippen LogP contribution in [-0.4, -0.2) is 51.9 Å². The highest BCUT2D eigenvalue weighted by molar-refractivity contribution is 5.96. The van der Waals surface area contributed by atoms with Crippen molar-refractivity contribution in [2.75, 3.05) is 24.6 Å². The number of carbonyl (C=O) groups excluding carboxylic acids is 1. The number of amides is 1. The highest BCUT2D eigenvalue weighted by Gasteiger charge is 2.49. The van der Waals surface area contributed by atoms with Crippen LogP contribution in [0.2, 0.25) is 0 Å². The lowest BCUT2D eigenvalue weighted by Gasteiger charge is -2.52. The Labute approximate surface area is 158 Å². The predicted molar refractivity (Wildman–Crippen MR) is 99.8 cm³/mol. The molecule has 0 saturated carbocycles. The molecular formula is C20H25FN4O2. The number of hydrogen-bond donors (Lipinski definition) is 0. The van der Waals surface area contributed by atoms with Gasteiger partial charge >= 0.3 is 0 Å². The van der Waals surface area contributed by atoms with E-state index in [2.05, 4.69) is 30.0 Å². The van der Waals surface area contributed by atoms with E-state index in [4.69, 9.17) is 4.74 Å². The fourth-order valence-electron chi connectivity index (χ4n) is 4.23. The summed E-state index contributed by atoms with van der Waals surface area (Å²) < 4.78 is 21.3. The van der Waals surface area contributed by atoms with E-state index in [0.717, 1.165) is 38.3 Å². The summed E-state index contributed by atoms with van der Waals surface area (Å²) in [6, 6.07) is 6.08. The number of nitrogens with zero attached hydrogens (tertiary/aromatic N) is 4. The number of aromatic nitrogens is 2. The zero-order valence-electron chi connectivity index (χ0n) is 15.8. The van der Waals surface area contributed by atoms with Crippen molar-refractivity contribution in [3.05, 3.63) is 48.0 Å². The SMILES string of the molecule is CCn1cc(CN2CC[C@H]3N(c4ccc(F)cc4)C(=O)CO[C@]3(C)C2)cn1.